The van der Waals surface area contributed by atoms with Crippen LogP contribution in [0.4, 0.5) is 5.69 Å². The first-order chi connectivity index (χ1) is 11.2. The fraction of sp³-hybridized carbons (Fsp3) is 0.316. The second-order valence-electron chi connectivity index (χ2n) is 6.07. The lowest BCUT2D eigenvalue weighted by Crippen LogP contribution is -2.49. The van der Waals surface area contributed by atoms with Crippen LogP contribution >= 0.6 is 0 Å². The van der Waals surface area contributed by atoms with Crippen LogP contribution in [-0.4, -0.2) is 48.9 Å². The normalized spacial score (nSPS) is 19.4. The third kappa shape index (κ3) is 4.18. The molecule has 1 amide bonds. The molecule has 4 nitrogen and oxygen atoms in total. The van der Waals surface area contributed by atoms with Crippen LogP contribution in [0.1, 0.15) is 11.6 Å². The molecule has 1 atom stereocenters. The summed E-state index contributed by atoms with van der Waals surface area (Å²) in [6.07, 6.45) is 0. The average Bonchev–Trinajstić information content (AvgIpc) is 2.58. The Bertz CT molecular complexity index is 630. The van der Waals surface area contributed by atoms with Crippen LogP contribution in [0.5, 0.6) is 0 Å². The number of carbonyl (C=O) groups excluding carboxylic acids is 1. The van der Waals surface area contributed by atoms with E-state index in [1.165, 1.54) is 5.56 Å². The lowest BCUT2D eigenvalue weighted by Gasteiger charge is -2.39. The molecule has 1 aliphatic rings. The van der Waals surface area contributed by atoms with Gasteiger partial charge in [0.05, 0.1) is 6.54 Å². The molecule has 2 aromatic rings. The molecule has 0 saturated carbocycles. The van der Waals surface area contributed by atoms with Gasteiger partial charge in [-0.05, 0) is 24.7 Å². The van der Waals surface area contributed by atoms with Gasteiger partial charge in [-0.1, -0.05) is 48.5 Å². The molecular weight excluding hydrogens is 286 g/mol. The minimum absolute atomic E-state index is 0.0432. The molecule has 2 aromatic carbocycles. The molecule has 1 heterocycles. The van der Waals surface area contributed by atoms with Gasteiger partial charge in [-0.2, -0.15) is 0 Å². The Hall–Kier alpha value is -2.17. The van der Waals surface area contributed by atoms with E-state index in [0.29, 0.717) is 6.54 Å². The van der Waals surface area contributed by atoms with E-state index in [0.717, 1.165) is 25.3 Å². The predicted molar refractivity (Wildman–Crippen MR) is 93.3 cm³/mol. The Kier molecular flexibility index (Phi) is 5.05. The smallest absolute Gasteiger partial charge is 0.238 e. The number of likely N-dealkylation sites (N-methyl/N-ethyl adjacent to an activating group) is 1. The van der Waals surface area contributed by atoms with Gasteiger partial charge < -0.3 is 10.2 Å². The van der Waals surface area contributed by atoms with Gasteiger partial charge in [-0.15, -0.1) is 0 Å². The highest BCUT2D eigenvalue weighted by Crippen LogP contribution is 2.24. The van der Waals surface area contributed by atoms with Crippen molar-refractivity contribution in [1.82, 2.24) is 9.80 Å². The quantitative estimate of drug-likeness (QED) is 0.943. The molecular formula is C19H23N3O. The maximum Gasteiger partial charge on any atom is 0.238 e. The highest BCUT2D eigenvalue weighted by molar-refractivity contribution is 5.92. The number of nitrogens with one attached hydrogen (secondary N) is 1. The number of anilines is 1. The molecule has 0 aromatic heterocycles. The van der Waals surface area contributed by atoms with Crippen molar-refractivity contribution in [2.75, 3.05) is 38.5 Å². The Balaban J connectivity index is 1.68. The van der Waals surface area contributed by atoms with Crippen LogP contribution in [0.2, 0.25) is 0 Å². The molecule has 1 N–H and O–H groups in total. The molecule has 4 heteroatoms. The maximum absolute atomic E-state index is 12.4. The number of piperazine rings is 1. The van der Waals surface area contributed by atoms with E-state index in [4.69, 9.17) is 0 Å². The van der Waals surface area contributed by atoms with Gasteiger partial charge in [-0.25, -0.2) is 0 Å². The highest BCUT2D eigenvalue weighted by atomic mass is 16.2. The van der Waals surface area contributed by atoms with Gasteiger partial charge >= 0.3 is 0 Å². The van der Waals surface area contributed by atoms with Crippen LogP contribution in [0, 0.1) is 0 Å². The van der Waals surface area contributed by atoms with Gasteiger partial charge in [0, 0.05) is 31.4 Å². The highest BCUT2D eigenvalue weighted by Gasteiger charge is 2.27. The summed E-state index contributed by atoms with van der Waals surface area (Å²) in [6.45, 7) is 3.26. The van der Waals surface area contributed by atoms with Gasteiger partial charge in [0.1, 0.15) is 0 Å². The number of amides is 1. The number of nitrogens with zero attached hydrogens (tertiary/aromatic N) is 2. The summed E-state index contributed by atoms with van der Waals surface area (Å²) < 4.78 is 0. The molecule has 0 radical (unpaired) electrons. The number of hydrogen-bond acceptors (Lipinski definition) is 3. The van der Waals surface area contributed by atoms with Crippen molar-refractivity contribution in [3.8, 4) is 0 Å². The zero-order chi connectivity index (χ0) is 16.1. The minimum atomic E-state index is 0.0432. The minimum Gasteiger partial charge on any atom is -0.325 e. The number of carbonyl (C=O) groups is 1. The molecule has 0 bridgehead atoms. The number of rotatable bonds is 4. The van der Waals surface area contributed by atoms with E-state index in [-0.39, 0.29) is 11.9 Å². The zero-order valence-electron chi connectivity index (χ0n) is 13.5. The van der Waals surface area contributed by atoms with E-state index in [1.54, 1.807) is 0 Å². The third-order valence-corrected chi connectivity index (χ3v) is 4.28. The summed E-state index contributed by atoms with van der Waals surface area (Å²) in [7, 11) is 2.14. The van der Waals surface area contributed by atoms with Crippen molar-refractivity contribution in [2.24, 2.45) is 0 Å². The van der Waals surface area contributed by atoms with Crippen LogP contribution in [-0.2, 0) is 4.79 Å². The summed E-state index contributed by atoms with van der Waals surface area (Å²) >= 11 is 0. The van der Waals surface area contributed by atoms with Crippen molar-refractivity contribution in [3.63, 3.8) is 0 Å². The lowest BCUT2D eigenvalue weighted by atomic mass is 10.0. The summed E-state index contributed by atoms with van der Waals surface area (Å²) in [5.74, 6) is 0.0432. The molecule has 0 spiro atoms. The Labute approximate surface area is 137 Å². The molecule has 0 aliphatic carbocycles. The first kappa shape index (κ1) is 15.7. The van der Waals surface area contributed by atoms with Crippen molar-refractivity contribution >= 4 is 11.6 Å². The summed E-state index contributed by atoms with van der Waals surface area (Å²) in [5, 5.41) is 2.98. The molecule has 1 aliphatic heterocycles. The monoisotopic (exact) mass is 309 g/mol. The summed E-state index contributed by atoms with van der Waals surface area (Å²) in [5.41, 5.74) is 2.12. The van der Waals surface area contributed by atoms with Crippen LogP contribution < -0.4 is 5.32 Å². The van der Waals surface area contributed by atoms with Crippen molar-refractivity contribution in [3.05, 3.63) is 66.2 Å². The molecule has 120 valence electrons. The Morgan fingerprint density at radius 3 is 2.39 bits per heavy atom. The lowest BCUT2D eigenvalue weighted by molar-refractivity contribution is -0.118. The average molecular weight is 309 g/mol. The van der Waals surface area contributed by atoms with Crippen molar-refractivity contribution in [1.29, 1.82) is 0 Å². The van der Waals surface area contributed by atoms with E-state index in [2.05, 4.69) is 46.4 Å². The largest absolute Gasteiger partial charge is 0.325 e. The molecule has 3 rings (SSSR count). The maximum atomic E-state index is 12.4. The van der Waals surface area contributed by atoms with Gasteiger partial charge in [0.15, 0.2) is 0 Å². The van der Waals surface area contributed by atoms with Gasteiger partial charge in [-0.3, -0.25) is 9.69 Å². The second-order valence-corrected chi connectivity index (χ2v) is 6.07. The second kappa shape index (κ2) is 7.40. The van der Waals surface area contributed by atoms with Gasteiger partial charge in [0.2, 0.25) is 5.91 Å². The standard InChI is InChI=1S/C19H23N3O/c1-21-12-13-22(18(14-21)16-8-4-2-5-9-16)15-19(23)20-17-10-6-3-7-11-17/h2-11,18H,12-15H2,1H3,(H,20,23). The Morgan fingerprint density at radius 1 is 1.04 bits per heavy atom. The van der Waals surface area contributed by atoms with Crippen molar-refractivity contribution in [2.45, 2.75) is 6.04 Å². The first-order valence-electron chi connectivity index (χ1n) is 8.05. The predicted octanol–water partition coefficient (Wildman–Crippen LogP) is 2.61. The topological polar surface area (TPSA) is 35.6 Å². The van der Waals surface area contributed by atoms with E-state index in [9.17, 15) is 4.79 Å². The fourth-order valence-electron chi connectivity index (χ4n) is 3.04. The zero-order valence-corrected chi connectivity index (χ0v) is 13.5. The van der Waals surface area contributed by atoms with E-state index >= 15 is 0 Å². The molecule has 1 unspecified atom stereocenters. The number of benzene rings is 2. The summed E-state index contributed by atoms with van der Waals surface area (Å²) in [4.78, 5) is 17.0. The van der Waals surface area contributed by atoms with E-state index in [1.807, 2.05) is 36.4 Å². The van der Waals surface area contributed by atoms with Crippen molar-refractivity contribution < 1.29 is 4.79 Å². The Morgan fingerprint density at radius 2 is 1.70 bits per heavy atom. The number of para-hydroxylation sites is 1. The number of hydrogen-bond donors (Lipinski definition) is 1. The molecule has 1 fully saturated rings. The van der Waals surface area contributed by atoms with Crippen LogP contribution in [0.25, 0.3) is 0 Å². The third-order valence-electron chi connectivity index (χ3n) is 4.28. The molecule has 23 heavy (non-hydrogen) atoms. The first-order valence-corrected chi connectivity index (χ1v) is 8.05. The fourth-order valence-corrected chi connectivity index (χ4v) is 3.04. The van der Waals surface area contributed by atoms with Gasteiger partial charge in [0.25, 0.3) is 0 Å². The summed E-state index contributed by atoms with van der Waals surface area (Å²) in [6, 6.07) is 20.3. The molecule has 1 saturated heterocycles. The van der Waals surface area contributed by atoms with Crippen LogP contribution in [0.3, 0.4) is 0 Å². The van der Waals surface area contributed by atoms with Crippen LogP contribution in [0.15, 0.2) is 60.7 Å². The SMILES string of the molecule is CN1CCN(CC(=O)Nc2ccccc2)C(c2ccccc2)C1. The van der Waals surface area contributed by atoms with E-state index < -0.39 is 0 Å².